The Bertz CT molecular complexity index is 411. The molecule has 12 heavy (non-hydrogen) atoms. The summed E-state index contributed by atoms with van der Waals surface area (Å²) in [5.74, 6) is 0. The number of rotatable bonds is 1. The van der Waals surface area contributed by atoms with Gasteiger partial charge in [-0.3, -0.25) is 4.79 Å². The van der Waals surface area contributed by atoms with Crippen LogP contribution in [-0.2, 0) is 0 Å². The van der Waals surface area contributed by atoms with Crippen molar-refractivity contribution in [3.8, 4) is 0 Å². The van der Waals surface area contributed by atoms with Crippen molar-refractivity contribution >= 4 is 38.4 Å². The molecule has 4 heteroatoms. The third-order valence-corrected chi connectivity index (χ3v) is 2.84. The van der Waals surface area contributed by atoms with Gasteiger partial charge in [0.05, 0.1) is 10.2 Å². The summed E-state index contributed by atoms with van der Waals surface area (Å²) in [6, 6.07) is 3.78. The van der Waals surface area contributed by atoms with Gasteiger partial charge in [-0.2, -0.15) is 0 Å². The summed E-state index contributed by atoms with van der Waals surface area (Å²) < 4.78 is 1.08. The number of hydrogen-bond acceptors (Lipinski definition) is 2. The Kier molecular flexibility index (Phi) is 1.70. The maximum absolute atomic E-state index is 10.7. The molecule has 0 bridgehead atoms. The molecular weight excluding hydrogens is 194 g/mol. The molecule has 2 aromatic rings. The molecule has 2 aromatic heterocycles. The van der Waals surface area contributed by atoms with Crippen LogP contribution >= 0.6 is 22.9 Å². The fourth-order valence-corrected chi connectivity index (χ4v) is 2.18. The lowest BCUT2D eigenvalue weighted by atomic mass is 10.4. The Morgan fingerprint density at radius 1 is 1.58 bits per heavy atom. The topological polar surface area (TPSA) is 32.9 Å². The van der Waals surface area contributed by atoms with Gasteiger partial charge in [0.15, 0.2) is 0 Å². The molecule has 0 aromatic carbocycles. The van der Waals surface area contributed by atoms with Crippen molar-refractivity contribution in [1.29, 1.82) is 0 Å². The Morgan fingerprint density at radius 3 is 2.92 bits per heavy atom. The SMILES string of the molecule is Cc1cc2[nH]c(C(=O)Cl)cc2s1. The summed E-state index contributed by atoms with van der Waals surface area (Å²) in [7, 11) is 0. The van der Waals surface area contributed by atoms with Gasteiger partial charge in [-0.05, 0) is 30.7 Å². The van der Waals surface area contributed by atoms with Crippen molar-refractivity contribution in [1.82, 2.24) is 4.98 Å². The Morgan fingerprint density at radius 2 is 2.33 bits per heavy atom. The van der Waals surface area contributed by atoms with E-state index in [4.69, 9.17) is 11.6 Å². The molecule has 0 aliphatic heterocycles. The third kappa shape index (κ3) is 1.15. The number of thiophene rings is 1. The van der Waals surface area contributed by atoms with Crippen LogP contribution in [0, 0.1) is 6.92 Å². The molecule has 0 radical (unpaired) electrons. The second kappa shape index (κ2) is 2.61. The van der Waals surface area contributed by atoms with Crippen molar-refractivity contribution in [2.75, 3.05) is 0 Å². The fraction of sp³-hybridized carbons (Fsp3) is 0.125. The van der Waals surface area contributed by atoms with E-state index < -0.39 is 5.24 Å². The highest BCUT2D eigenvalue weighted by Crippen LogP contribution is 2.25. The lowest BCUT2D eigenvalue weighted by Crippen LogP contribution is -1.86. The molecule has 1 N–H and O–H groups in total. The summed E-state index contributed by atoms with van der Waals surface area (Å²) in [6.07, 6.45) is 0. The molecule has 62 valence electrons. The van der Waals surface area contributed by atoms with Crippen molar-refractivity contribution in [3.63, 3.8) is 0 Å². The third-order valence-electron chi connectivity index (χ3n) is 1.64. The lowest BCUT2D eigenvalue weighted by Gasteiger charge is -1.82. The molecule has 0 aliphatic carbocycles. The molecule has 0 atom stereocenters. The zero-order chi connectivity index (χ0) is 8.72. The van der Waals surface area contributed by atoms with E-state index in [1.54, 1.807) is 17.4 Å². The number of carbonyl (C=O) groups excluding carboxylic acids is 1. The summed E-state index contributed by atoms with van der Waals surface area (Å²) in [6.45, 7) is 2.03. The molecule has 0 spiro atoms. The minimum absolute atomic E-state index is 0.434. The maximum atomic E-state index is 10.7. The Balaban J connectivity index is 2.64. The number of aromatic amines is 1. The van der Waals surface area contributed by atoms with Crippen LogP contribution in [0.4, 0.5) is 0 Å². The largest absolute Gasteiger partial charge is 0.350 e. The predicted molar refractivity (Wildman–Crippen MR) is 51.1 cm³/mol. The van der Waals surface area contributed by atoms with Crippen LogP contribution in [0.3, 0.4) is 0 Å². The summed E-state index contributed by atoms with van der Waals surface area (Å²) in [5, 5.41) is -0.434. The lowest BCUT2D eigenvalue weighted by molar-refractivity contribution is 0.107. The molecule has 2 nitrogen and oxygen atoms in total. The molecule has 2 heterocycles. The number of H-pyrrole nitrogens is 1. The van der Waals surface area contributed by atoms with Gasteiger partial charge in [0.25, 0.3) is 5.24 Å². The molecule has 0 unspecified atom stereocenters. The van der Waals surface area contributed by atoms with E-state index in [1.807, 2.05) is 13.0 Å². The zero-order valence-electron chi connectivity index (χ0n) is 6.35. The van der Waals surface area contributed by atoms with Crippen LogP contribution in [0.1, 0.15) is 15.4 Å². The molecule has 2 rings (SSSR count). The van der Waals surface area contributed by atoms with Gasteiger partial charge >= 0.3 is 0 Å². The molecule has 0 amide bonds. The number of fused-ring (bicyclic) bond motifs is 1. The van der Waals surface area contributed by atoms with Crippen molar-refractivity contribution < 1.29 is 4.79 Å². The summed E-state index contributed by atoms with van der Waals surface area (Å²) in [5.41, 5.74) is 1.46. The number of nitrogens with one attached hydrogen (secondary N) is 1. The first-order valence-electron chi connectivity index (χ1n) is 3.46. The Hall–Kier alpha value is -0.800. The van der Waals surface area contributed by atoms with Crippen molar-refractivity contribution in [2.45, 2.75) is 6.92 Å². The normalized spacial score (nSPS) is 10.8. The van der Waals surface area contributed by atoms with Gasteiger partial charge in [0, 0.05) is 4.88 Å². The van der Waals surface area contributed by atoms with Gasteiger partial charge < -0.3 is 4.98 Å². The first kappa shape index (κ1) is 7.83. The van der Waals surface area contributed by atoms with Crippen molar-refractivity contribution in [2.24, 2.45) is 0 Å². The quantitative estimate of drug-likeness (QED) is 0.704. The zero-order valence-corrected chi connectivity index (χ0v) is 7.92. The minimum atomic E-state index is -0.434. The molecule has 0 saturated carbocycles. The molecular formula is C8H6ClNOS. The highest BCUT2D eigenvalue weighted by Gasteiger charge is 2.07. The average molecular weight is 200 g/mol. The van der Waals surface area contributed by atoms with Crippen molar-refractivity contribution in [3.05, 3.63) is 22.7 Å². The Labute approximate surface area is 78.2 Å². The predicted octanol–water partition coefficient (Wildman–Crippen LogP) is 2.92. The smallest absolute Gasteiger partial charge is 0.268 e. The van der Waals surface area contributed by atoms with E-state index >= 15 is 0 Å². The monoisotopic (exact) mass is 199 g/mol. The molecule has 0 fully saturated rings. The van der Waals surface area contributed by atoms with Crippen LogP contribution < -0.4 is 0 Å². The van der Waals surface area contributed by atoms with E-state index in [0.717, 1.165) is 10.2 Å². The number of aryl methyl sites for hydroxylation is 1. The number of carbonyl (C=O) groups is 1. The van der Waals surface area contributed by atoms with Gasteiger partial charge in [-0.25, -0.2) is 0 Å². The first-order chi connectivity index (χ1) is 5.66. The number of hydrogen-bond donors (Lipinski definition) is 1. The first-order valence-corrected chi connectivity index (χ1v) is 4.65. The highest BCUT2D eigenvalue weighted by molar-refractivity contribution is 7.19. The number of halogens is 1. The van der Waals surface area contributed by atoms with E-state index in [2.05, 4.69) is 4.98 Å². The van der Waals surface area contributed by atoms with Gasteiger partial charge in [0.1, 0.15) is 5.69 Å². The second-order valence-electron chi connectivity index (χ2n) is 2.59. The summed E-state index contributed by atoms with van der Waals surface area (Å²) in [4.78, 5) is 14.9. The van der Waals surface area contributed by atoms with Gasteiger partial charge in [-0.15, -0.1) is 11.3 Å². The van der Waals surface area contributed by atoms with Crippen LogP contribution in [0.2, 0.25) is 0 Å². The van der Waals surface area contributed by atoms with Gasteiger partial charge in [-0.1, -0.05) is 0 Å². The van der Waals surface area contributed by atoms with Crippen LogP contribution in [-0.4, -0.2) is 10.2 Å². The van der Waals surface area contributed by atoms with E-state index in [0.29, 0.717) is 5.69 Å². The highest BCUT2D eigenvalue weighted by atomic mass is 35.5. The minimum Gasteiger partial charge on any atom is -0.350 e. The van der Waals surface area contributed by atoms with Crippen LogP contribution in [0.5, 0.6) is 0 Å². The average Bonchev–Trinajstić information content (AvgIpc) is 2.42. The van der Waals surface area contributed by atoms with E-state index in [1.165, 1.54) is 4.88 Å². The van der Waals surface area contributed by atoms with Crippen LogP contribution in [0.15, 0.2) is 12.1 Å². The second-order valence-corrected chi connectivity index (χ2v) is 4.22. The van der Waals surface area contributed by atoms with E-state index in [-0.39, 0.29) is 0 Å². The van der Waals surface area contributed by atoms with E-state index in [9.17, 15) is 4.79 Å². The standard InChI is InChI=1S/C8H6ClNOS/c1-4-2-5-7(12-4)3-6(10-5)8(9)11/h2-3,10H,1H3. The van der Waals surface area contributed by atoms with Gasteiger partial charge in [0.2, 0.25) is 0 Å². The molecule has 0 saturated heterocycles. The summed E-state index contributed by atoms with van der Waals surface area (Å²) >= 11 is 6.95. The fourth-order valence-electron chi connectivity index (χ4n) is 1.16. The molecule has 0 aliphatic rings. The number of aromatic nitrogens is 1. The maximum Gasteiger partial charge on any atom is 0.268 e. The van der Waals surface area contributed by atoms with Crippen LogP contribution in [0.25, 0.3) is 10.2 Å².